The van der Waals surface area contributed by atoms with Crippen molar-refractivity contribution in [2.75, 3.05) is 13.7 Å². The maximum absolute atomic E-state index is 12.6. The number of aryl methyl sites for hydroxylation is 2. The Kier molecular flexibility index (Phi) is 6.81. The number of carbonyl (C=O) groups is 1. The standard InChI is InChI=1S/C25H26ClN3O3/c1-18-16-19(11-12-20(18)26)31-14-6-5-13-29-22-9-4-3-8-21(22)27-24(29)17-28(2)25(30)23-10-7-15-32-23/h3-4,7-12,15-16H,5-6,13-14,17H2,1-2H3. The normalized spacial score (nSPS) is 11.1. The highest BCUT2D eigenvalue weighted by atomic mass is 35.5. The van der Waals surface area contributed by atoms with Gasteiger partial charge in [0, 0.05) is 18.6 Å². The van der Waals surface area contributed by atoms with Crippen LogP contribution in [0.5, 0.6) is 5.75 Å². The van der Waals surface area contributed by atoms with E-state index in [-0.39, 0.29) is 5.91 Å². The SMILES string of the molecule is Cc1cc(OCCCCn2c(CN(C)C(=O)c3ccco3)nc3ccccc32)ccc1Cl. The average molecular weight is 452 g/mol. The van der Waals surface area contributed by atoms with E-state index in [0.29, 0.717) is 18.9 Å². The molecule has 4 aromatic rings. The molecule has 2 aromatic carbocycles. The summed E-state index contributed by atoms with van der Waals surface area (Å²) in [5, 5.41) is 0.743. The largest absolute Gasteiger partial charge is 0.494 e. The first-order valence-electron chi connectivity index (χ1n) is 10.6. The molecule has 6 nitrogen and oxygen atoms in total. The molecule has 32 heavy (non-hydrogen) atoms. The van der Waals surface area contributed by atoms with Gasteiger partial charge in [-0.2, -0.15) is 0 Å². The van der Waals surface area contributed by atoms with Gasteiger partial charge in [0.05, 0.1) is 30.4 Å². The van der Waals surface area contributed by atoms with Crippen molar-refractivity contribution in [3.8, 4) is 5.75 Å². The van der Waals surface area contributed by atoms with E-state index in [1.54, 1.807) is 24.1 Å². The van der Waals surface area contributed by atoms with E-state index in [1.165, 1.54) is 6.26 Å². The summed E-state index contributed by atoms with van der Waals surface area (Å²) >= 11 is 6.07. The van der Waals surface area contributed by atoms with Crippen LogP contribution < -0.4 is 4.74 Å². The van der Waals surface area contributed by atoms with Crippen molar-refractivity contribution in [2.45, 2.75) is 32.9 Å². The van der Waals surface area contributed by atoms with E-state index in [0.717, 1.165) is 52.6 Å². The van der Waals surface area contributed by atoms with Crippen LogP contribution in [0.2, 0.25) is 5.02 Å². The van der Waals surface area contributed by atoms with Gasteiger partial charge in [-0.15, -0.1) is 0 Å². The van der Waals surface area contributed by atoms with Crippen LogP contribution in [0, 0.1) is 6.92 Å². The van der Waals surface area contributed by atoms with Crippen molar-refractivity contribution >= 4 is 28.5 Å². The molecule has 0 atom stereocenters. The van der Waals surface area contributed by atoms with Crippen LogP contribution in [0.4, 0.5) is 0 Å². The first-order chi connectivity index (χ1) is 15.5. The Morgan fingerprint density at radius 2 is 2.00 bits per heavy atom. The predicted octanol–water partition coefficient (Wildman–Crippen LogP) is 5.72. The molecule has 2 aromatic heterocycles. The Morgan fingerprint density at radius 3 is 2.78 bits per heavy atom. The number of nitrogens with zero attached hydrogens (tertiary/aromatic N) is 3. The Balaban J connectivity index is 1.40. The van der Waals surface area contributed by atoms with E-state index in [2.05, 4.69) is 10.6 Å². The van der Waals surface area contributed by atoms with Gasteiger partial charge in [0.1, 0.15) is 11.6 Å². The highest BCUT2D eigenvalue weighted by Crippen LogP contribution is 2.22. The molecule has 2 heterocycles. The molecule has 0 unspecified atom stereocenters. The fourth-order valence-electron chi connectivity index (χ4n) is 3.64. The number of amides is 1. The third-order valence-corrected chi connectivity index (χ3v) is 5.79. The van der Waals surface area contributed by atoms with Gasteiger partial charge < -0.3 is 18.6 Å². The smallest absolute Gasteiger partial charge is 0.289 e. The topological polar surface area (TPSA) is 60.5 Å². The summed E-state index contributed by atoms with van der Waals surface area (Å²) in [7, 11) is 1.76. The lowest BCUT2D eigenvalue weighted by atomic mass is 10.2. The molecule has 0 N–H and O–H groups in total. The molecular formula is C25H26ClN3O3. The number of aromatic nitrogens is 2. The van der Waals surface area contributed by atoms with Gasteiger partial charge >= 0.3 is 0 Å². The van der Waals surface area contributed by atoms with Crippen molar-refractivity contribution in [3.05, 3.63) is 83.0 Å². The van der Waals surface area contributed by atoms with Crippen LogP contribution in [-0.4, -0.2) is 34.0 Å². The molecule has 0 fully saturated rings. The molecule has 4 rings (SSSR count). The molecule has 166 valence electrons. The second kappa shape index (κ2) is 9.92. The van der Waals surface area contributed by atoms with Gasteiger partial charge in [-0.05, 0) is 67.8 Å². The van der Waals surface area contributed by atoms with E-state index in [4.69, 9.17) is 25.7 Å². The second-order valence-electron chi connectivity index (χ2n) is 7.77. The van der Waals surface area contributed by atoms with Crippen molar-refractivity contribution < 1.29 is 13.9 Å². The lowest BCUT2D eigenvalue weighted by molar-refractivity contribution is 0.0748. The number of hydrogen-bond donors (Lipinski definition) is 0. The molecule has 0 saturated heterocycles. The molecule has 0 aliphatic rings. The molecule has 0 bridgehead atoms. The van der Waals surface area contributed by atoms with Crippen LogP contribution in [0.3, 0.4) is 0 Å². The average Bonchev–Trinajstić information content (AvgIpc) is 3.44. The molecule has 0 aliphatic heterocycles. The Morgan fingerprint density at radius 1 is 1.16 bits per heavy atom. The van der Waals surface area contributed by atoms with Gasteiger partial charge in [0.15, 0.2) is 5.76 Å². The van der Waals surface area contributed by atoms with Crippen molar-refractivity contribution in [2.24, 2.45) is 0 Å². The zero-order valence-electron chi connectivity index (χ0n) is 18.3. The number of furan rings is 1. The first kappa shape index (κ1) is 22.0. The minimum atomic E-state index is -0.166. The summed E-state index contributed by atoms with van der Waals surface area (Å²) in [6.45, 7) is 3.78. The molecule has 0 saturated carbocycles. The Labute approximate surface area is 192 Å². The van der Waals surface area contributed by atoms with Gasteiger partial charge in [-0.3, -0.25) is 4.79 Å². The fraction of sp³-hybridized carbons (Fsp3) is 0.280. The summed E-state index contributed by atoms with van der Waals surface area (Å²) in [5.74, 6) is 1.84. The van der Waals surface area contributed by atoms with Crippen LogP contribution >= 0.6 is 11.6 Å². The number of rotatable bonds is 9. The number of hydrogen-bond acceptors (Lipinski definition) is 4. The minimum Gasteiger partial charge on any atom is -0.494 e. The summed E-state index contributed by atoms with van der Waals surface area (Å²) in [5.41, 5.74) is 3.00. The van der Waals surface area contributed by atoms with Crippen molar-refractivity contribution in [1.29, 1.82) is 0 Å². The van der Waals surface area contributed by atoms with Gasteiger partial charge in [0.2, 0.25) is 0 Å². The maximum Gasteiger partial charge on any atom is 0.289 e. The molecular weight excluding hydrogens is 426 g/mol. The highest BCUT2D eigenvalue weighted by Gasteiger charge is 2.18. The number of benzene rings is 2. The van der Waals surface area contributed by atoms with Crippen LogP contribution in [0.25, 0.3) is 11.0 Å². The van der Waals surface area contributed by atoms with E-state index >= 15 is 0 Å². The van der Waals surface area contributed by atoms with Crippen LogP contribution in [0.1, 0.15) is 34.8 Å². The first-order valence-corrected chi connectivity index (χ1v) is 11.0. The van der Waals surface area contributed by atoms with Crippen LogP contribution in [0.15, 0.2) is 65.3 Å². The number of fused-ring (bicyclic) bond motifs is 1. The molecule has 7 heteroatoms. The third-order valence-electron chi connectivity index (χ3n) is 5.37. The van der Waals surface area contributed by atoms with E-state index in [9.17, 15) is 4.79 Å². The second-order valence-corrected chi connectivity index (χ2v) is 8.18. The lowest BCUT2D eigenvalue weighted by Crippen LogP contribution is -2.27. The number of ether oxygens (including phenoxy) is 1. The van der Waals surface area contributed by atoms with Crippen molar-refractivity contribution in [1.82, 2.24) is 14.5 Å². The zero-order valence-corrected chi connectivity index (χ0v) is 19.0. The number of unbranched alkanes of at least 4 members (excludes halogenated alkanes) is 1. The molecule has 0 radical (unpaired) electrons. The summed E-state index contributed by atoms with van der Waals surface area (Å²) in [6, 6.07) is 17.1. The summed E-state index contributed by atoms with van der Waals surface area (Å²) in [4.78, 5) is 19.0. The lowest BCUT2D eigenvalue weighted by Gasteiger charge is -2.17. The summed E-state index contributed by atoms with van der Waals surface area (Å²) < 4.78 is 13.3. The Hall–Kier alpha value is -3.25. The van der Waals surface area contributed by atoms with Crippen molar-refractivity contribution in [3.63, 3.8) is 0 Å². The van der Waals surface area contributed by atoms with Gasteiger partial charge in [0.25, 0.3) is 5.91 Å². The number of halogens is 1. The fourth-order valence-corrected chi connectivity index (χ4v) is 3.75. The number of imidazole rings is 1. The third kappa shape index (κ3) is 4.97. The van der Waals surface area contributed by atoms with Gasteiger partial charge in [-0.1, -0.05) is 23.7 Å². The minimum absolute atomic E-state index is 0.166. The van der Waals surface area contributed by atoms with E-state index < -0.39 is 0 Å². The molecule has 0 aliphatic carbocycles. The quantitative estimate of drug-likeness (QED) is 0.305. The zero-order chi connectivity index (χ0) is 22.5. The Bertz CT molecular complexity index is 1200. The monoisotopic (exact) mass is 451 g/mol. The molecule has 1 amide bonds. The van der Waals surface area contributed by atoms with E-state index in [1.807, 2.05) is 43.3 Å². The van der Waals surface area contributed by atoms with Gasteiger partial charge in [-0.25, -0.2) is 4.98 Å². The number of carbonyl (C=O) groups excluding carboxylic acids is 1. The number of para-hydroxylation sites is 2. The summed E-state index contributed by atoms with van der Waals surface area (Å²) in [6.07, 6.45) is 3.33. The maximum atomic E-state index is 12.6. The highest BCUT2D eigenvalue weighted by molar-refractivity contribution is 6.31. The van der Waals surface area contributed by atoms with Crippen LogP contribution in [-0.2, 0) is 13.1 Å². The molecule has 0 spiro atoms. The predicted molar refractivity (Wildman–Crippen MR) is 125 cm³/mol.